The number of nitrogens with zero attached hydrogens (tertiary/aromatic N) is 3. The van der Waals surface area contributed by atoms with E-state index in [1.165, 1.54) is 52.8 Å². The van der Waals surface area contributed by atoms with Crippen LogP contribution in [0.3, 0.4) is 0 Å². The minimum Gasteiger partial charge on any atom is -0.277 e. The van der Waals surface area contributed by atoms with Crippen LogP contribution in [-0.2, 0) is 0 Å². The molecule has 0 saturated carbocycles. The van der Waals surface area contributed by atoms with Crippen molar-refractivity contribution in [3.8, 4) is 28.3 Å². The summed E-state index contributed by atoms with van der Waals surface area (Å²) in [4.78, 5) is 10.0. The van der Waals surface area contributed by atoms with Gasteiger partial charge in [0.1, 0.15) is 0 Å². The molecule has 0 N–H and O–H groups in total. The van der Waals surface area contributed by atoms with Crippen molar-refractivity contribution in [3.05, 3.63) is 140 Å². The zero-order chi connectivity index (χ0) is 27.6. The van der Waals surface area contributed by atoms with Crippen LogP contribution in [0.1, 0.15) is 0 Å². The maximum Gasteiger partial charge on any atom is 0.235 e. The van der Waals surface area contributed by atoms with Crippen molar-refractivity contribution in [3.63, 3.8) is 0 Å². The molecule has 0 aliphatic heterocycles. The highest BCUT2D eigenvalue weighted by molar-refractivity contribution is 7.26. The lowest BCUT2D eigenvalue weighted by Gasteiger charge is -2.10. The summed E-state index contributed by atoms with van der Waals surface area (Å²) in [6.07, 6.45) is 1.88. The van der Waals surface area contributed by atoms with Crippen LogP contribution in [0, 0.1) is 0 Å². The molecule has 196 valence electrons. The van der Waals surface area contributed by atoms with E-state index in [1.54, 1.807) is 0 Å². The first-order valence-electron chi connectivity index (χ1n) is 14.1. The Hall–Kier alpha value is -5.32. The Bertz CT molecular complexity index is 2450. The molecule has 42 heavy (non-hydrogen) atoms. The molecule has 0 atom stereocenters. The molecule has 9 rings (SSSR count). The second-order valence-electron chi connectivity index (χ2n) is 10.6. The summed E-state index contributed by atoms with van der Waals surface area (Å²) in [5.41, 5.74) is 6.63. The molecule has 0 aliphatic carbocycles. The summed E-state index contributed by atoms with van der Waals surface area (Å²) >= 11 is 1.87. The summed E-state index contributed by atoms with van der Waals surface area (Å²) in [5.74, 6) is 0.679. The van der Waals surface area contributed by atoms with E-state index in [4.69, 9.17) is 9.97 Å². The van der Waals surface area contributed by atoms with Gasteiger partial charge in [-0.2, -0.15) is 0 Å². The fourth-order valence-electron chi connectivity index (χ4n) is 6.33. The fourth-order valence-corrected chi connectivity index (χ4v) is 7.57. The Morgan fingerprint density at radius 2 is 1.24 bits per heavy atom. The van der Waals surface area contributed by atoms with Gasteiger partial charge in [0, 0.05) is 42.7 Å². The van der Waals surface area contributed by atoms with Gasteiger partial charge >= 0.3 is 0 Å². The highest BCUT2D eigenvalue weighted by Crippen LogP contribution is 2.44. The summed E-state index contributed by atoms with van der Waals surface area (Å²) in [7, 11) is 0. The highest BCUT2D eigenvalue weighted by Gasteiger charge is 2.20. The Morgan fingerprint density at radius 1 is 0.524 bits per heavy atom. The van der Waals surface area contributed by atoms with Crippen molar-refractivity contribution in [2.24, 2.45) is 0 Å². The first-order valence-corrected chi connectivity index (χ1v) is 14.9. The quantitative estimate of drug-likeness (QED) is 0.218. The minimum absolute atomic E-state index is 0.679. The largest absolute Gasteiger partial charge is 0.277 e. The average molecular weight is 554 g/mol. The molecule has 4 heteroatoms. The van der Waals surface area contributed by atoms with Gasteiger partial charge in [-0.05, 0) is 40.1 Å². The molecule has 0 fully saturated rings. The SMILES string of the molecule is c1ccc(-c2ccc(-c3ccnc(-n4c5ccccc5c5ccc6sc7c8ccccc8ccc7c6c54)n3)cc2)cc1. The number of hydrogen-bond donors (Lipinski definition) is 0. The average Bonchev–Trinajstić information content (AvgIpc) is 3.61. The van der Waals surface area contributed by atoms with E-state index in [0.29, 0.717) is 5.95 Å². The predicted octanol–water partition coefficient (Wildman–Crippen LogP) is 10.4. The molecule has 0 radical (unpaired) electrons. The fraction of sp³-hybridized carbons (Fsp3) is 0. The number of hydrogen-bond acceptors (Lipinski definition) is 3. The zero-order valence-electron chi connectivity index (χ0n) is 22.5. The van der Waals surface area contributed by atoms with Gasteiger partial charge in [0.05, 0.1) is 16.7 Å². The van der Waals surface area contributed by atoms with E-state index in [1.807, 2.05) is 29.7 Å². The van der Waals surface area contributed by atoms with Gasteiger partial charge in [-0.15, -0.1) is 11.3 Å². The predicted molar refractivity (Wildman–Crippen MR) is 178 cm³/mol. The highest BCUT2D eigenvalue weighted by atomic mass is 32.1. The van der Waals surface area contributed by atoms with Gasteiger partial charge in [-0.25, -0.2) is 9.97 Å². The summed E-state index contributed by atoms with van der Waals surface area (Å²) < 4.78 is 4.85. The molecule has 0 unspecified atom stereocenters. The molecule has 3 aromatic heterocycles. The number of fused-ring (bicyclic) bond motifs is 9. The van der Waals surface area contributed by atoms with Crippen LogP contribution >= 0.6 is 11.3 Å². The van der Waals surface area contributed by atoms with Crippen molar-refractivity contribution in [2.75, 3.05) is 0 Å². The first kappa shape index (κ1) is 23.4. The molecular formula is C38H23N3S. The van der Waals surface area contributed by atoms with Gasteiger partial charge in [0.15, 0.2) is 0 Å². The lowest BCUT2D eigenvalue weighted by molar-refractivity contribution is 0.995. The van der Waals surface area contributed by atoms with Crippen LogP contribution in [-0.4, -0.2) is 14.5 Å². The third kappa shape index (κ3) is 3.46. The summed E-state index contributed by atoms with van der Waals surface area (Å²) in [5, 5.41) is 7.52. The van der Waals surface area contributed by atoms with E-state index in [2.05, 4.69) is 126 Å². The van der Waals surface area contributed by atoms with Crippen molar-refractivity contribution >= 4 is 64.1 Å². The van der Waals surface area contributed by atoms with Crippen LogP contribution in [0.25, 0.3) is 81.1 Å². The number of benzene rings is 6. The Kier molecular flexibility index (Phi) is 5.07. The monoisotopic (exact) mass is 553 g/mol. The maximum atomic E-state index is 5.16. The normalized spacial score (nSPS) is 11.8. The van der Waals surface area contributed by atoms with Crippen LogP contribution in [0.4, 0.5) is 0 Å². The van der Waals surface area contributed by atoms with Crippen LogP contribution in [0.15, 0.2) is 140 Å². The van der Waals surface area contributed by atoms with Crippen molar-refractivity contribution in [2.45, 2.75) is 0 Å². The number of rotatable bonds is 3. The molecule has 9 aromatic rings. The Morgan fingerprint density at radius 3 is 2.12 bits per heavy atom. The smallest absolute Gasteiger partial charge is 0.235 e. The zero-order valence-corrected chi connectivity index (χ0v) is 23.3. The third-order valence-corrected chi connectivity index (χ3v) is 9.49. The lowest BCUT2D eigenvalue weighted by Crippen LogP contribution is -2.02. The van der Waals surface area contributed by atoms with Gasteiger partial charge in [-0.3, -0.25) is 4.57 Å². The van der Waals surface area contributed by atoms with E-state index in [-0.39, 0.29) is 0 Å². The summed E-state index contributed by atoms with van der Waals surface area (Å²) in [6, 6.07) is 47.4. The molecule has 3 nitrogen and oxygen atoms in total. The molecule has 0 aliphatic rings. The second kappa shape index (κ2) is 9.10. The van der Waals surface area contributed by atoms with E-state index in [0.717, 1.165) is 22.3 Å². The molecule has 6 aromatic carbocycles. The first-order chi connectivity index (χ1) is 20.8. The van der Waals surface area contributed by atoms with Crippen molar-refractivity contribution < 1.29 is 0 Å². The molecule has 0 bridgehead atoms. The molecular weight excluding hydrogens is 531 g/mol. The van der Waals surface area contributed by atoms with Crippen LogP contribution < -0.4 is 0 Å². The molecule has 0 amide bonds. The van der Waals surface area contributed by atoms with Gasteiger partial charge in [-0.1, -0.05) is 115 Å². The molecule has 0 spiro atoms. The third-order valence-electron chi connectivity index (χ3n) is 8.29. The minimum atomic E-state index is 0.679. The molecule has 3 heterocycles. The van der Waals surface area contributed by atoms with Crippen molar-refractivity contribution in [1.29, 1.82) is 0 Å². The number of aromatic nitrogens is 3. The second-order valence-corrected chi connectivity index (χ2v) is 11.7. The van der Waals surface area contributed by atoms with E-state index < -0.39 is 0 Å². The Balaban J connectivity index is 1.30. The van der Waals surface area contributed by atoms with E-state index >= 15 is 0 Å². The topological polar surface area (TPSA) is 30.7 Å². The number of para-hydroxylation sites is 1. The lowest BCUT2D eigenvalue weighted by atomic mass is 10.0. The van der Waals surface area contributed by atoms with Gasteiger partial charge in [0.25, 0.3) is 0 Å². The van der Waals surface area contributed by atoms with Gasteiger partial charge < -0.3 is 0 Å². The maximum absolute atomic E-state index is 5.16. The number of thiophene rings is 1. The molecule has 0 saturated heterocycles. The van der Waals surface area contributed by atoms with Gasteiger partial charge in [0.2, 0.25) is 5.95 Å². The Labute approximate surface area is 246 Å². The van der Waals surface area contributed by atoms with Crippen LogP contribution in [0.5, 0.6) is 0 Å². The standard InChI is InChI=1S/C38H23N3S/c1-2-8-24(9-3-1)25-14-16-27(17-15-25)32-22-23-39-38(40-32)41-33-13-7-6-12-29(33)30-20-21-34-35(36(30)41)31-19-18-26-10-4-5-11-28(26)37(31)42-34/h1-23H. The van der Waals surface area contributed by atoms with Crippen LogP contribution in [0.2, 0.25) is 0 Å². The summed E-state index contributed by atoms with van der Waals surface area (Å²) in [6.45, 7) is 0. The van der Waals surface area contributed by atoms with Crippen molar-refractivity contribution in [1.82, 2.24) is 14.5 Å². The van der Waals surface area contributed by atoms with E-state index in [9.17, 15) is 0 Å².